The Balaban J connectivity index is 1.26. The number of fused-ring (bicyclic) bond motifs is 10. The molecule has 3 aromatic rings. The van der Waals surface area contributed by atoms with E-state index in [1.54, 1.807) is 47.0 Å². The predicted octanol–water partition coefficient (Wildman–Crippen LogP) is 5.49. The Morgan fingerprint density at radius 3 is 1.31 bits per heavy atom. The maximum absolute atomic E-state index is 13.1. The normalized spacial score (nSPS) is 19.9. The first-order valence-corrected chi connectivity index (χ1v) is 20.4. The fraction of sp³-hybridized carbons (Fsp3) is 0.385. The zero-order chi connectivity index (χ0) is 29.4. The molecule has 2 aromatic heterocycles. The number of thioether (sulfide) groups is 8. The van der Waals surface area contributed by atoms with Crippen molar-refractivity contribution in [3.05, 3.63) is 79.0 Å². The summed E-state index contributed by atoms with van der Waals surface area (Å²) >= 11 is 14.3. The van der Waals surface area contributed by atoms with Gasteiger partial charge in [0.15, 0.2) is 0 Å². The Kier molecular flexibility index (Phi) is 10.3. The van der Waals surface area contributed by atoms with Gasteiger partial charge in [0.1, 0.15) is 0 Å². The molecular formula is C26H24N2O6S8. The standard InChI is InChI=1S/C26H24N2O6S8/c1-35-21-23-37-9-7-33-5-3-27-17(29)13-11-15-16(12-14(13)18(27)30)20(32)28(19(15)31)4-6-34-8-10-38-24-22(36-2)40-26(42-24)25(39-21)41-23/h11-12H,3-10H2,1-2H3. The molecule has 6 heterocycles. The second-order valence-corrected chi connectivity index (χ2v) is 18.4. The summed E-state index contributed by atoms with van der Waals surface area (Å²) in [5.74, 6) is 1.50. The van der Waals surface area contributed by atoms with E-state index in [-0.39, 0.29) is 47.8 Å². The Morgan fingerprint density at radius 1 is 0.571 bits per heavy atom. The first-order chi connectivity index (χ1) is 20.4. The molecule has 0 unspecified atom stereocenters. The van der Waals surface area contributed by atoms with Crippen molar-refractivity contribution in [1.29, 1.82) is 0 Å². The van der Waals surface area contributed by atoms with Gasteiger partial charge in [0.25, 0.3) is 22.2 Å². The van der Waals surface area contributed by atoms with Crippen molar-refractivity contribution in [2.75, 3.05) is 50.4 Å². The lowest BCUT2D eigenvalue weighted by molar-refractivity contribution is 0.140. The number of hydrogen-bond donors (Lipinski definition) is 0. The van der Waals surface area contributed by atoms with E-state index in [2.05, 4.69) is 12.5 Å². The van der Waals surface area contributed by atoms with Gasteiger partial charge in [-0.3, -0.25) is 28.3 Å². The van der Waals surface area contributed by atoms with Gasteiger partial charge in [0, 0.05) is 11.5 Å². The maximum Gasteiger partial charge on any atom is 0.261 e. The van der Waals surface area contributed by atoms with Gasteiger partial charge >= 0.3 is 0 Å². The van der Waals surface area contributed by atoms with Gasteiger partial charge in [-0.2, -0.15) is 0 Å². The van der Waals surface area contributed by atoms with Gasteiger partial charge in [-0.15, -0.1) is 47.0 Å². The first kappa shape index (κ1) is 31.4. The molecule has 4 aliphatic rings. The Morgan fingerprint density at radius 2 is 0.952 bits per heavy atom. The summed E-state index contributed by atoms with van der Waals surface area (Å²) in [6, 6.07) is 2.78. The molecule has 0 radical (unpaired) electrons. The lowest BCUT2D eigenvalue weighted by Crippen LogP contribution is -2.28. The number of hydrogen-bond acceptors (Lipinski definition) is 14. The van der Waals surface area contributed by atoms with Crippen LogP contribution in [0.3, 0.4) is 0 Å². The van der Waals surface area contributed by atoms with E-state index >= 15 is 0 Å². The minimum Gasteiger partial charge on any atom is -0.379 e. The van der Waals surface area contributed by atoms with Crippen LogP contribution in [0, 0.1) is 0 Å². The van der Waals surface area contributed by atoms with Crippen molar-refractivity contribution in [3.63, 3.8) is 0 Å². The quantitative estimate of drug-likeness (QED) is 0.334. The summed E-state index contributed by atoms with van der Waals surface area (Å²) in [6.07, 6.45) is 4.21. The zero-order valence-corrected chi connectivity index (χ0v) is 29.0. The molecule has 7 rings (SSSR count). The average Bonchev–Trinajstić information content (AvgIpc) is 3.71. The van der Waals surface area contributed by atoms with Crippen molar-refractivity contribution < 1.29 is 9.47 Å². The van der Waals surface area contributed by atoms with Crippen LogP contribution in [0.4, 0.5) is 0 Å². The van der Waals surface area contributed by atoms with E-state index in [0.717, 1.165) is 20.6 Å². The molecule has 10 bridgehead atoms. The summed E-state index contributed by atoms with van der Waals surface area (Å²) in [5, 5.41) is 0.602. The zero-order valence-electron chi connectivity index (χ0n) is 22.4. The van der Waals surface area contributed by atoms with Crippen LogP contribution in [-0.4, -0.2) is 59.6 Å². The molecule has 0 fully saturated rings. The van der Waals surface area contributed by atoms with Crippen LogP contribution in [-0.2, 0) is 22.6 Å². The van der Waals surface area contributed by atoms with E-state index in [0.29, 0.717) is 13.2 Å². The van der Waals surface area contributed by atoms with Crippen LogP contribution in [0.25, 0.3) is 21.5 Å². The molecule has 42 heavy (non-hydrogen) atoms. The SMILES string of the molecule is CSC1=C2SCCOCCn3c(=O)c4cc5c(=O)n(c(=O)c5cc4c3=O)CCOCCSC3=C(SC)SC(=C(S1)S2)S3. The molecule has 222 valence electrons. The summed E-state index contributed by atoms with van der Waals surface area (Å²) in [5.41, 5.74) is -1.89. The smallest absolute Gasteiger partial charge is 0.261 e. The molecule has 1 aromatic carbocycles. The topological polar surface area (TPSA) is 96.6 Å². The number of aromatic nitrogens is 2. The van der Waals surface area contributed by atoms with Crippen LogP contribution in [0.2, 0.25) is 0 Å². The monoisotopic (exact) mass is 716 g/mol. The molecule has 0 saturated heterocycles. The highest BCUT2D eigenvalue weighted by molar-refractivity contribution is 8.45. The van der Waals surface area contributed by atoms with E-state index in [1.807, 2.05) is 47.0 Å². The van der Waals surface area contributed by atoms with E-state index < -0.39 is 22.2 Å². The molecule has 0 amide bonds. The van der Waals surface area contributed by atoms with Crippen LogP contribution in [0.1, 0.15) is 0 Å². The Labute approximate surface area is 274 Å². The van der Waals surface area contributed by atoms with Crippen molar-refractivity contribution in [3.8, 4) is 0 Å². The highest BCUT2D eigenvalue weighted by Crippen LogP contribution is 2.65. The number of ether oxygens (including phenoxy) is 2. The molecule has 8 nitrogen and oxygen atoms in total. The molecule has 16 heteroatoms. The highest BCUT2D eigenvalue weighted by atomic mass is 32.3. The molecule has 0 saturated carbocycles. The Bertz CT molecular complexity index is 1660. The lowest BCUT2D eigenvalue weighted by atomic mass is 10.1. The van der Waals surface area contributed by atoms with Crippen LogP contribution in [0.15, 0.2) is 56.7 Å². The molecule has 4 aliphatic heterocycles. The summed E-state index contributed by atoms with van der Waals surface area (Å²) in [6.45, 7) is 1.58. The minimum absolute atomic E-state index is 0.103. The van der Waals surface area contributed by atoms with Gasteiger partial charge < -0.3 is 9.47 Å². The average molecular weight is 717 g/mol. The van der Waals surface area contributed by atoms with E-state index in [4.69, 9.17) is 9.47 Å². The van der Waals surface area contributed by atoms with Crippen molar-refractivity contribution in [2.45, 2.75) is 13.1 Å². The van der Waals surface area contributed by atoms with Crippen molar-refractivity contribution in [1.82, 2.24) is 9.13 Å². The van der Waals surface area contributed by atoms with Gasteiger partial charge in [-0.25, -0.2) is 0 Å². The van der Waals surface area contributed by atoms with Crippen LogP contribution >= 0.6 is 94.1 Å². The predicted molar refractivity (Wildman–Crippen MR) is 190 cm³/mol. The third kappa shape index (κ3) is 6.14. The highest BCUT2D eigenvalue weighted by Gasteiger charge is 2.30. The van der Waals surface area contributed by atoms with E-state index in [1.165, 1.54) is 37.6 Å². The third-order valence-electron chi connectivity index (χ3n) is 6.51. The summed E-state index contributed by atoms with van der Waals surface area (Å²) < 4.78 is 21.6. The summed E-state index contributed by atoms with van der Waals surface area (Å²) in [7, 11) is 0. The van der Waals surface area contributed by atoms with Crippen LogP contribution < -0.4 is 22.2 Å². The largest absolute Gasteiger partial charge is 0.379 e. The van der Waals surface area contributed by atoms with Gasteiger partial charge in [-0.1, -0.05) is 47.0 Å². The lowest BCUT2D eigenvalue weighted by Gasteiger charge is -2.06. The molecule has 0 spiro atoms. The second kappa shape index (κ2) is 13.8. The molecule has 0 atom stereocenters. The second-order valence-electron chi connectivity index (χ2n) is 8.93. The minimum atomic E-state index is -0.472. The molecular weight excluding hydrogens is 693 g/mol. The Hall–Kier alpha value is -0.560. The fourth-order valence-electron chi connectivity index (χ4n) is 4.52. The first-order valence-electron chi connectivity index (χ1n) is 12.7. The van der Waals surface area contributed by atoms with Crippen molar-refractivity contribution >= 4 is 116 Å². The van der Waals surface area contributed by atoms with Crippen LogP contribution in [0.5, 0.6) is 0 Å². The fourth-order valence-corrected chi connectivity index (χ4v) is 15.5. The summed E-state index contributed by atoms with van der Waals surface area (Å²) in [4.78, 5) is 52.2. The van der Waals surface area contributed by atoms with E-state index in [9.17, 15) is 19.2 Å². The third-order valence-corrected chi connectivity index (χ3v) is 17.7. The number of rotatable bonds is 2. The maximum atomic E-state index is 13.1. The molecule has 0 N–H and O–H groups in total. The van der Waals surface area contributed by atoms with Gasteiger partial charge in [0.2, 0.25) is 0 Å². The number of nitrogens with zero attached hydrogens (tertiary/aromatic N) is 2. The number of benzene rings is 1. The molecule has 0 aliphatic carbocycles. The van der Waals surface area contributed by atoms with Gasteiger partial charge in [-0.05, 0) is 24.6 Å². The van der Waals surface area contributed by atoms with Gasteiger partial charge in [0.05, 0.1) is 86.5 Å². The van der Waals surface area contributed by atoms with Crippen molar-refractivity contribution in [2.24, 2.45) is 0 Å².